The monoisotopic (exact) mass is 411 g/mol. The fourth-order valence-electron chi connectivity index (χ4n) is 4.20. The molecule has 8 heteroatoms. The van der Waals surface area contributed by atoms with E-state index in [2.05, 4.69) is 28.1 Å². The van der Waals surface area contributed by atoms with E-state index < -0.39 is 29.7 Å². The highest BCUT2D eigenvalue weighted by atomic mass is 19.1. The quantitative estimate of drug-likeness (QED) is 0.501. The molecular formula is C22H23F2N5O. The number of hydrogen-bond donors (Lipinski definition) is 2. The van der Waals surface area contributed by atoms with Crippen molar-refractivity contribution < 1.29 is 13.6 Å². The number of amides is 1. The minimum atomic E-state index is -0.677. The van der Waals surface area contributed by atoms with E-state index in [-0.39, 0.29) is 5.52 Å². The van der Waals surface area contributed by atoms with Crippen LogP contribution in [0.2, 0.25) is 0 Å². The van der Waals surface area contributed by atoms with Crippen LogP contribution in [0.5, 0.6) is 0 Å². The molecule has 2 aromatic heterocycles. The van der Waals surface area contributed by atoms with Gasteiger partial charge in [0.05, 0.1) is 17.4 Å². The summed E-state index contributed by atoms with van der Waals surface area (Å²) in [6.07, 6.45) is 10.7. The number of imidazole rings is 1. The first kappa shape index (κ1) is 20.1. The van der Waals surface area contributed by atoms with Crippen molar-refractivity contribution in [3.63, 3.8) is 0 Å². The number of unbranched alkanes of at least 4 members (excludes halogenated alkanes) is 1. The van der Waals surface area contributed by atoms with E-state index in [4.69, 9.17) is 6.42 Å². The maximum Gasteiger partial charge on any atom is 0.300 e. The number of benzene rings is 1. The lowest BCUT2D eigenvalue weighted by Gasteiger charge is -2.41. The maximum atomic E-state index is 14.5. The minimum absolute atomic E-state index is 0.211. The van der Waals surface area contributed by atoms with Gasteiger partial charge in [-0.15, -0.1) is 6.42 Å². The Kier molecular flexibility index (Phi) is 5.31. The molecule has 0 radical (unpaired) electrons. The molecule has 156 valence electrons. The number of carbonyl (C=O) groups is 1. The van der Waals surface area contributed by atoms with E-state index >= 15 is 0 Å². The minimum Gasteiger partial charge on any atom is -0.354 e. The molecule has 1 amide bonds. The molecule has 2 N–H and O–H groups in total. The molecule has 4 rings (SSSR count). The van der Waals surface area contributed by atoms with Crippen molar-refractivity contribution in [3.8, 4) is 12.3 Å². The molecule has 0 bridgehead atoms. The van der Waals surface area contributed by atoms with E-state index in [1.807, 2.05) is 7.05 Å². The summed E-state index contributed by atoms with van der Waals surface area (Å²) in [4.78, 5) is 21.9. The number of halogens is 2. The van der Waals surface area contributed by atoms with Crippen LogP contribution in [0.15, 0.2) is 24.5 Å². The molecule has 3 aromatic rings. The normalized spacial score (nSPS) is 18.4. The summed E-state index contributed by atoms with van der Waals surface area (Å²) in [5.74, 6) is 0.976. The highest BCUT2D eigenvalue weighted by Gasteiger charge is 2.42. The van der Waals surface area contributed by atoms with E-state index in [9.17, 15) is 13.6 Å². The smallest absolute Gasteiger partial charge is 0.300 e. The van der Waals surface area contributed by atoms with Crippen LogP contribution < -0.4 is 5.32 Å². The average Bonchev–Trinajstić information content (AvgIpc) is 3.30. The van der Waals surface area contributed by atoms with Gasteiger partial charge < -0.3 is 14.5 Å². The average molecular weight is 411 g/mol. The topological polar surface area (TPSA) is 66.0 Å². The van der Waals surface area contributed by atoms with Crippen LogP contribution in [-0.2, 0) is 18.3 Å². The van der Waals surface area contributed by atoms with Gasteiger partial charge >= 0.3 is 0 Å². The number of nitrogens with one attached hydrogen (secondary N) is 2. The molecule has 1 aliphatic heterocycles. The molecule has 2 atom stereocenters. The van der Waals surface area contributed by atoms with E-state index in [0.717, 1.165) is 24.5 Å². The summed E-state index contributed by atoms with van der Waals surface area (Å²) in [5.41, 5.74) is 1.57. The predicted octanol–water partition coefficient (Wildman–Crippen LogP) is 3.00. The fraction of sp³-hybridized carbons (Fsp3) is 0.364. The number of nitrogens with zero attached hydrogens (tertiary/aromatic N) is 3. The first-order valence-electron chi connectivity index (χ1n) is 9.95. The number of terminal acetylenes is 1. The maximum absolute atomic E-state index is 14.5. The summed E-state index contributed by atoms with van der Waals surface area (Å²) in [7, 11) is 1.82. The molecule has 0 saturated heterocycles. The van der Waals surface area contributed by atoms with Gasteiger partial charge in [-0.25, -0.2) is 13.8 Å². The lowest BCUT2D eigenvalue weighted by Crippen LogP contribution is -2.54. The molecule has 1 aliphatic rings. The summed E-state index contributed by atoms with van der Waals surface area (Å²) in [6.45, 7) is 2.76. The molecule has 1 aromatic carbocycles. The lowest BCUT2D eigenvalue weighted by molar-refractivity contribution is -0.131. The fourth-order valence-corrected chi connectivity index (χ4v) is 4.20. The molecular weight excluding hydrogens is 388 g/mol. The molecule has 0 fully saturated rings. The second-order valence-corrected chi connectivity index (χ2v) is 7.51. The zero-order chi connectivity index (χ0) is 21.4. The number of rotatable bonds is 5. The molecule has 0 spiro atoms. The Morgan fingerprint density at radius 2 is 2.23 bits per heavy atom. The summed E-state index contributed by atoms with van der Waals surface area (Å²) < 4.78 is 30.3. The van der Waals surface area contributed by atoms with Crippen molar-refractivity contribution in [1.29, 1.82) is 0 Å². The van der Waals surface area contributed by atoms with Crippen molar-refractivity contribution in [2.75, 3.05) is 6.54 Å². The third-order valence-corrected chi connectivity index (χ3v) is 5.62. The van der Waals surface area contributed by atoms with Crippen LogP contribution >= 0.6 is 0 Å². The number of H-pyrrole nitrogens is 1. The Labute approximate surface area is 173 Å². The van der Waals surface area contributed by atoms with Gasteiger partial charge in [-0.3, -0.25) is 10.1 Å². The molecule has 3 heterocycles. The van der Waals surface area contributed by atoms with Crippen LogP contribution in [0, 0.1) is 24.0 Å². The van der Waals surface area contributed by atoms with Crippen molar-refractivity contribution in [2.24, 2.45) is 7.05 Å². The second kappa shape index (κ2) is 7.92. The van der Waals surface area contributed by atoms with Crippen molar-refractivity contribution in [2.45, 2.75) is 38.4 Å². The number of aryl methyl sites for hydroxylation is 1. The first-order valence-corrected chi connectivity index (χ1v) is 9.95. The van der Waals surface area contributed by atoms with Gasteiger partial charge in [0.25, 0.3) is 5.91 Å². The highest BCUT2D eigenvalue weighted by molar-refractivity contribution is 5.94. The first-order chi connectivity index (χ1) is 14.5. The van der Waals surface area contributed by atoms with Crippen molar-refractivity contribution >= 4 is 16.8 Å². The Bertz CT molecular complexity index is 1140. The van der Waals surface area contributed by atoms with Gasteiger partial charge in [-0.05, 0) is 30.5 Å². The number of hydrogen-bond acceptors (Lipinski definition) is 3. The van der Waals surface area contributed by atoms with Crippen molar-refractivity contribution in [3.05, 3.63) is 53.2 Å². The third-order valence-electron chi connectivity index (χ3n) is 5.62. The standard InChI is InChI=1S/C22H23F2N5O/c1-4-6-7-25-17-12-15-14-10-13(23)11-16(24)19(14)27-20(15)21(29(17)18(30)5-2)22-26-8-9-28(22)3/h2,8-11,17,21,25,27H,4,6-7,12H2,1,3H3/t17-,21-/m1/s1. The largest absolute Gasteiger partial charge is 0.354 e. The zero-order valence-corrected chi connectivity index (χ0v) is 16.9. The van der Waals surface area contributed by atoms with Crippen LogP contribution in [0.1, 0.15) is 42.9 Å². The summed E-state index contributed by atoms with van der Waals surface area (Å²) in [6, 6.07) is 1.51. The van der Waals surface area contributed by atoms with Gasteiger partial charge in [0.15, 0.2) is 0 Å². The molecule has 0 unspecified atom stereocenters. The zero-order valence-electron chi connectivity index (χ0n) is 16.9. The van der Waals surface area contributed by atoms with Crippen LogP contribution in [0.4, 0.5) is 8.78 Å². The Morgan fingerprint density at radius 1 is 1.43 bits per heavy atom. The summed E-state index contributed by atoms with van der Waals surface area (Å²) in [5, 5.41) is 3.86. The Hall–Kier alpha value is -3.18. The van der Waals surface area contributed by atoms with Gasteiger partial charge in [0, 0.05) is 37.3 Å². The summed E-state index contributed by atoms with van der Waals surface area (Å²) >= 11 is 0. The van der Waals surface area contributed by atoms with Gasteiger partial charge in [-0.1, -0.05) is 13.3 Å². The second-order valence-electron chi connectivity index (χ2n) is 7.51. The Morgan fingerprint density at radius 3 is 2.90 bits per heavy atom. The van der Waals surface area contributed by atoms with Crippen molar-refractivity contribution in [1.82, 2.24) is 24.8 Å². The van der Waals surface area contributed by atoms with Crippen LogP contribution in [-0.4, -0.2) is 38.1 Å². The number of aromatic amines is 1. The number of fused-ring (bicyclic) bond motifs is 3. The Balaban J connectivity index is 1.94. The number of aromatic nitrogens is 3. The van der Waals surface area contributed by atoms with Crippen LogP contribution in [0.3, 0.4) is 0 Å². The van der Waals surface area contributed by atoms with Gasteiger partial charge in [-0.2, -0.15) is 0 Å². The van der Waals surface area contributed by atoms with E-state index in [0.29, 0.717) is 29.9 Å². The molecule has 0 aliphatic carbocycles. The molecule has 30 heavy (non-hydrogen) atoms. The van der Waals surface area contributed by atoms with E-state index in [1.54, 1.807) is 21.9 Å². The molecule has 6 nitrogen and oxygen atoms in total. The SMILES string of the molecule is C#CC(=O)N1[C@@H](c2nccn2C)c2[nH]c3c(F)cc(F)cc3c2C[C@@H]1NCCCC. The third kappa shape index (κ3) is 3.25. The lowest BCUT2D eigenvalue weighted by atomic mass is 9.94. The van der Waals surface area contributed by atoms with Gasteiger partial charge in [0.2, 0.25) is 0 Å². The molecule has 0 saturated carbocycles. The predicted molar refractivity (Wildman–Crippen MR) is 109 cm³/mol. The van der Waals surface area contributed by atoms with Crippen LogP contribution in [0.25, 0.3) is 10.9 Å². The number of carbonyl (C=O) groups excluding carboxylic acids is 1. The highest BCUT2D eigenvalue weighted by Crippen LogP contribution is 2.40. The van der Waals surface area contributed by atoms with Gasteiger partial charge in [0.1, 0.15) is 23.5 Å². The van der Waals surface area contributed by atoms with E-state index in [1.165, 1.54) is 6.07 Å².